The molecule has 1 aliphatic rings. The van der Waals surface area contributed by atoms with Crippen LogP contribution >= 0.6 is 0 Å². The highest BCUT2D eigenvalue weighted by Crippen LogP contribution is 2.27. The topological polar surface area (TPSA) is 72.3 Å². The summed E-state index contributed by atoms with van der Waals surface area (Å²) in [6, 6.07) is 8.81. The Hall–Kier alpha value is -1.99. The molecule has 1 aliphatic heterocycles. The number of hydrogen-bond acceptors (Lipinski definition) is 5. The lowest BCUT2D eigenvalue weighted by molar-refractivity contribution is 0.189. The molecule has 6 nitrogen and oxygen atoms in total. The van der Waals surface area contributed by atoms with Crippen molar-refractivity contribution >= 4 is 9.84 Å². The van der Waals surface area contributed by atoms with Gasteiger partial charge in [-0.25, -0.2) is 13.1 Å². The Balaban J connectivity index is 1.82. The van der Waals surface area contributed by atoms with Crippen molar-refractivity contribution < 1.29 is 8.42 Å². The zero-order valence-corrected chi connectivity index (χ0v) is 14.9. The van der Waals surface area contributed by atoms with Crippen molar-refractivity contribution in [3.05, 3.63) is 57.5 Å². The van der Waals surface area contributed by atoms with Crippen molar-refractivity contribution in [2.75, 3.05) is 12.8 Å². The van der Waals surface area contributed by atoms with Gasteiger partial charge < -0.3 is 0 Å². The summed E-state index contributed by atoms with van der Waals surface area (Å²) in [5, 5.41) is 4.33. The second kappa shape index (κ2) is 6.14. The molecule has 1 atom stereocenters. The maximum Gasteiger partial charge on any atom is 0.266 e. The van der Waals surface area contributed by atoms with E-state index in [1.165, 1.54) is 10.9 Å². The van der Waals surface area contributed by atoms with Gasteiger partial charge in [-0.15, -0.1) is 0 Å². The number of aryl methyl sites for hydroxylation is 1. The van der Waals surface area contributed by atoms with Gasteiger partial charge in [0.25, 0.3) is 5.56 Å². The van der Waals surface area contributed by atoms with E-state index in [9.17, 15) is 13.2 Å². The summed E-state index contributed by atoms with van der Waals surface area (Å²) >= 11 is 0. The van der Waals surface area contributed by atoms with Crippen LogP contribution in [0.3, 0.4) is 0 Å². The highest BCUT2D eigenvalue weighted by atomic mass is 32.2. The number of aromatic nitrogens is 2. The molecule has 0 saturated heterocycles. The van der Waals surface area contributed by atoms with Crippen LogP contribution < -0.4 is 5.56 Å². The van der Waals surface area contributed by atoms with Gasteiger partial charge in [0.15, 0.2) is 9.84 Å². The fraction of sp³-hybridized carbons (Fsp3) is 0.412. The summed E-state index contributed by atoms with van der Waals surface area (Å²) in [6.07, 6.45) is 2.01. The molecule has 0 N–H and O–H groups in total. The Labute approximate surface area is 141 Å². The first kappa shape index (κ1) is 16.9. The van der Waals surface area contributed by atoms with Gasteiger partial charge in [0.1, 0.15) is 0 Å². The maximum atomic E-state index is 11.8. The Morgan fingerprint density at radius 1 is 1.21 bits per heavy atom. The average molecular weight is 347 g/mol. The molecule has 0 spiro atoms. The van der Waals surface area contributed by atoms with Crippen LogP contribution in [0.15, 0.2) is 40.0 Å². The van der Waals surface area contributed by atoms with E-state index in [0.717, 1.165) is 29.8 Å². The molecule has 24 heavy (non-hydrogen) atoms. The highest BCUT2D eigenvalue weighted by Gasteiger charge is 2.23. The lowest BCUT2D eigenvalue weighted by atomic mass is 10.0. The molecular weight excluding hydrogens is 326 g/mol. The molecule has 0 amide bonds. The van der Waals surface area contributed by atoms with Crippen LogP contribution in [0.25, 0.3) is 0 Å². The summed E-state index contributed by atoms with van der Waals surface area (Å²) in [5.74, 6) is 0. The Kier molecular flexibility index (Phi) is 4.31. The molecule has 1 aromatic carbocycles. The molecular formula is C17H21N3O3S. The normalized spacial score (nSPS) is 16.6. The van der Waals surface area contributed by atoms with E-state index in [1.54, 1.807) is 25.2 Å². The van der Waals surface area contributed by atoms with E-state index in [1.807, 2.05) is 12.1 Å². The number of nitrogens with zero attached hydrogens (tertiary/aromatic N) is 3. The summed E-state index contributed by atoms with van der Waals surface area (Å²) in [6.45, 7) is 3.62. The number of rotatable bonds is 3. The van der Waals surface area contributed by atoms with Crippen LogP contribution in [-0.2, 0) is 29.9 Å². The van der Waals surface area contributed by atoms with Gasteiger partial charge in [-0.05, 0) is 30.2 Å². The number of benzene rings is 1. The fourth-order valence-corrected chi connectivity index (χ4v) is 3.68. The van der Waals surface area contributed by atoms with Crippen LogP contribution in [0.2, 0.25) is 0 Å². The van der Waals surface area contributed by atoms with E-state index < -0.39 is 9.84 Å². The van der Waals surface area contributed by atoms with Gasteiger partial charge in [0.05, 0.1) is 10.6 Å². The molecule has 3 rings (SSSR count). The Morgan fingerprint density at radius 2 is 1.88 bits per heavy atom. The van der Waals surface area contributed by atoms with E-state index in [-0.39, 0.29) is 11.6 Å². The number of fused-ring (bicyclic) bond motifs is 1. The van der Waals surface area contributed by atoms with Gasteiger partial charge in [0, 0.05) is 44.9 Å². The van der Waals surface area contributed by atoms with Gasteiger partial charge in [-0.3, -0.25) is 9.69 Å². The zero-order chi connectivity index (χ0) is 17.5. The Morgan fingerprint density at radius 3 is 2.50 bits per heavy atom. The largest absolute Gasteiger partial charge is 0.292 e. The predicted molar refractivity (Wildman–Crippen MR) is 91.6 cm³/mol. The summed E-state index contributed by atoms with van der Waals surface area (Å²) < 4.78 is 24.5. The van der Waals surface area contributed by atoms with Gasteiger partial charge in [-0.2, -0.15) is 5.10 Å². The lowest BCUT2D eigenvalue weighted by Gasteiger charge is -2.33. The molecule has 2 heterocycles. The van der Waals surface area contributed by atoms with Gasteiger partial charge >= 0.3 is 0 Å². The average Bonchev–Trinajstić information content (AvgIpc) is 2.54. The minimum atomic E-state index is -3.18. The van der Waals surface area contributed by atoms with E-state index >= 15 is 0 Å². The summed E-state index contributed by atoms with van der Waals surface area (Å²) in [5.41, 5.74) is 2.92. The molecule has 0 fully saturated rings. The summed E-state index contributed by atoms with van der Waals surface area (Å²) in [7, 11) is -1.51. The quantitative estimate of drug-likeness (QED) is 0.837. The fourth-order valence-electron chi connectivity index (χ4n) is 3.05. The summed E-state index contributed by atoms with van der Waals surface area (Å²) in [4.78, 5) is 14.4. The third kappa shape index (κ3) is 3.27. The molecule has 128 valence electrons. The van der Waals surface area contributed by atoms with Crippen LogP contribution in [0.1, 0.15) is 29.8 Å². The molecule has 0 bridgehead atoms. The molecule has 2 aromatic rings. The molecule has 0 saturated carbocycles. The van der Waals surface area contributed by atoms with E-state index in [0.29, 0.717) is 11.4 Å². The van der Waals surface area contributed by atoms with Crippen LogP contribution in [-0.4, -0.2) is 35.9 Å². The standard InChI is InChI=1S/C17H21N3O3S/c1-12(13-4-6-15(7-5-13)24(3,22)23)20-9-8-16-14(11-20)10-17(21)19(2)18-16/h4-7,10,12H,8-9,11H2,1-3H3. The minimum absolute atomic E-state index is 0.0965. The van der Waals surface area contributed by atoms with E-state index in [4.69, 9.17) is 0 Å². The van der Waals surface area contributed by atoms with Gasteiger partial charge in [0.2, 0.25) is 0 Å². The monoisotopic (exact) mass is 347 g/mol. The van der Waals surface area contributed by atoms with Crippen molar-refractivity contribution in [1.29, 1.82) is 0 Å². The molecule has 0 radical (unpaired) electrons. The highest BCUT2D eigenvalue weighted by molar-refractivity contribution is 7.90. The molecule has 0 aliphatic carbocycles. The van der Waals surface area contributed by atoms with Crippen molar-refractivity contribution in [3.8, 4) is 0 Å². The van der Waals surface area contributed by atoms with Crippen molar-refractivity contribution in [1.82, 2.24) is 14.7 Å². The number of sulfone groups is 1. The third-order valence-electron chi connectivity index (χ3n) is 4.61. The van der Waals surface area contributed by atoms with Crippen molar-refractivity contribution in [2.45, 2.75) is 30.8 Å². The number of hydrogen-bond donors (Lipinski definition) is 0. The Bertz CT molecular complexity index is 917. The first-order chi connectivity index (χ1) is 11.3. The second-order valence-corrected chi connectivity index (χ2v) is 8.33. The molecule has 1 aromatic heterocycles. The van der Waals surface area contributed by atoms with E-state index in [2.05, 4.69) is 16.9 Å². The van der Waals surface area contributed by atoms with Crippen LogP contribution in [0.4, 0.5) is 0 Å². The second-order valence-electron chi connectivity index (χ2n) is 6.32. The van der Waals surface area contributed by atoms with Crippen molar-refractivity contribution in [3.63, 3.8) is 0 Å². The van der Waals surface area contributed by atoms with Crippen LogP contribution in [0.5, 0.6) is 0 Å². The third-order valence-corrected chi connectivity index (χ3v) is 5.73. The zero-order valence-electron chi connectivity index (χ0n) is 14.1. The molecule has 1 unspecified atom stereocenters. The first-order valence-electron chi connectivity index (χ1n) is 7.86. The maximum absolute atomic E-state index is 11.8. The lowest BCUT2D eigenvalue weighted by Crippen LogP contribution is -2.35. The van der Waals surface area contributed by atoms with Crippen LogP contribution in [0, 0.1) is 0 Å². The first-order valence-corrected chi connectivity index (χ1v) is 9.75. The minimum Gasteiger partial charge on any atom is -0.292 e. The smallest absolute Gasteiger partial charge is 0.266 e. The van der Waals surface area contributed by atoms with Crippen molar-refractivity contribution in [2.24, 2.45) is 7.05 Å². The molecule has 7 heteroatoms. The van der Waals surface area contributed by atoms with Gasteiger partial charge in [-0.1, -0.05) is 12.1 Å². The SMILES string of the molecule is CC(c1ccc(S(C)(=O)=O)cc1)N1CCc2nn(C)c(=O)cc2C1. The predicted octanol–water partition coefficient (Wildman–Crippen LogP) is 1.30.